The maximum atomic E-state index is 12.4. The third-order valence-corrected chi connectivity index (χ3v) is 1.60. The second-order valence-electron chi connectivity index (χ2n) is 2.78. The van der Waals surface area contributed by atoms with Gasteiger partial charge in [0.1, 0.15) is 17.5 Å². The first kappa shape index (κ1) is 13.0. The van der Waals surface area contributed by atoms with Gasteiger partial charge in [0, 0.05) is 5.56 Å². The lowest BCUT2D eigenvalue weighted by atomic mass is 10.1. The second kappa shape index (κ2) is 4.40. The fraction of sp³-hybridized carbons (Fsp3) is 0.250. The smallest absolute Gasteiger partial charge is 0.386 e. The Labute approximate surface area is 91.4 Å². The van der Waals surface area contributed by atoms with Gasteiger partial charge in [-0.15, -0.1) is 13.2 Å². The number of hydrogen-bond acceptors (Lipinski definition) is 4. The summed E-state index contributed by atoms with van der Waals surface area (Å²) in [5.41, 5.74) is 3.09. The first-order chi connectivity index (χ1) is 7.74. The molecule has 9 heteroatoms. The molecule has 0 radical (unpaired) electrons. The van der Waals surface area contributed by atoms with Crippen molar-refractivity contribution in [1.29, 1.82) is 5.26 Å². The highest BCUT2D eigenvalue weighted by atomic mass is 19.4. The van der Waals surface area contributed by atoms with E-state index in [1.54, 1.807) is 0 Å². The number of hydrogen-bond donors (Lipinski definition) is 1. The van der Waals surface area contributed by atoms with Crippen LogP contribution in [-0.4, -0.2) is 11.3 Å². The number of aromatic nitrogens is 1. The summed E-state index contributed by atoms with van der Waals surface area (Å²) in [7, 11) is 0. The summed E-state index contributed by atoms with van der Waals surface area (Å²) in [6, 6.07) is 1.79. The molecule has 0 aliphatic carbocycles. The predicted octanol–water partition coefficient (Wildman–Crippen LogP) is 2.37. The molecule has 0 fully saturated rings. The van der Waals surface area contributed by atoms with E-state index in [-0.39, 0.29) is 0 Å². The highest BCUT2D eigenvalue weighted by molar-refractivity contribution is 5.51. The molecule has 2 N–H and O–H groups in total. The van der Waals surface area contributed by atoms with Crippen LogP contribution in [0.1, 0.15) is 17.6 Å². The monoisotopic (exact) mass is 253 g/mol. The number of rotatable bonds is 2. The molecule has 0 aliphatic heterocycles. The summed E-state index contributed by atoms with van der Waals surface area (Å²) in [5, 5.41) is 8.52. The molecule has 0 atom stereocenters. The van der Waals surface area contributed by atoms with Gasteiger partial charge in [0.2, 0.25) is 5.88 Å². The van der Waals surface area contributed by atoms with Crippen LogP contribution in [0, 0.1) is 11.3 Å². The molecule has 0 unspecified atom stereocenters. The minimum absolute atomic E-state index is 0.599. The number of nitriles is 1. The zero-order valence-electron chi connectivity index (χ0n) is 7.92. The fourth-order valence-corrected chi connectivity index (χ4v) is 1.03. The van der Waals surface area contributed by atoms with E-state index in [2.05, 4.69) is 9.72 Å². The van der Waals surface area contributed by atoms with Crippen LogP contribution in [0.25, 0.3) is 0 Å². The van der Waals surface area contributed by atoms with E-state index >= 15 is 0 Å². The molecule has 1 aromatic rings. The first-order valence-corrected chi connectivity index (χ1v) is 3.99. The summed E-state index contributed by atoms with van der Waals surface area (Å²) in [5.74, 6) is -1.88. The number of alkyl halides is 5. The van der Waals surface area contributed by atoms with Crippen molar-refractivity contribution >= 4 is 5.82 Å². The summed E-state index contributed by atoms with van der Waals surface area (Å²) < 4.78 is 64.0. The Hall–Kier alpha value is -2.11. The summed E-state index contributed by atoms with van der Waals surface area (Å²) >= 11 is 0. The van der Waals surface area contributed by atoms with E-state index in [0.29, 0.717) is 6.07 Å². The maximum Gasteiger partial charge on any atom is 0.574 e. The lowest BCUT2D eigenvalue weighted by Crippen LogP contribution is -2.19. The van der Waals surface area contributed by atoms with E-state index in [4.69, 9.17) is 11.0 Å². The number of nitrogen functional groups attached to an aromatic ring is 1. The van der Waals surface area contributed by atoms with Crippen molar-refractivity contribution in [2.24, 2.45) is 0 Å². The molecule has 0 aromatic carbocycles. The van der Waals surface area contributed by atoms with E-state index in [1.165, 1.54) is 6.07 Å². The average molecular weight is 253 g/mol. The van der Waals surface area contributed by atoms with Gasteiger partial charge in [-0.1, -0.05) is 0 Å². The minimum atomic E-state index is -5.15. The SMILES string of the molecule is N#Cc1c(C(F)F)cc(N)nc1OC(F)(F)F. The molecular weight excluding hydrogens is 249 g/mol. The maximum absolute atomic E-state index is 12.4. The number of halogens is 5. The standard InChI is InChI=1S/C8H4F5N3O/c9-6(10)3-1-5(15)16-7(4(3)2-14)17-8(11,12)13/h1,6H,(H2,15,16). The van der Waals surface area contributed by atoms with Crippen molar-refractivity contribution in [2.45, 2.75) is 12.8 Å². The lowest BCUT2D eigenvalue weighted by Gasteiger charge is -2.12. The van der Waals surface area contributed by atoms with Crippen molar-refractivity contribution in [3.8, 4) is 11.9 Å². The predicted molar refractivity (Wildman–Crippen MR) is 45.0 cm³/mol. The molecule has 4 nitrogen and oxygen atoms in total. The third-order valence-electron chi connectivity index (χ3n) is 1.60. The van der Waals surface area contributed by atoms with Crippen LogP contribution in [-0.2, 0) is 0 Å². The van der Waals surface area contributed by atoms with Crippen molar-refractivity contribution < 1.29 is 26.7 Å². The number of ether oxygens (including phenoxy) is 1. The van der Waals surface area contributed by atoms with Gasteiger partial charge in [-0.2, -0.15) is 10.2 Å². The number of nitrogens with two attached hydrogens (primary N) is 1. The zero-order chi connectivity index (χ0) is 13.2. The van der Waals surface area contributed by atoms with E-state index < -0.39 is 35.6 Å². The van der Waals surface area contributed by atoms with Crippen LogP contribution in [0.5, 0.6) is 5.88 Å². The molecule has 0 amide bonds. The van der Waals surface area contributed by atoms with Crippen LogP contribution >= 0.6 is 0 Å². The molecular formula is C8H4F5N3O. The quantitative estimate of drug-likeness (QED) is 0.821. The van der Waals surface area contributed by atoms with E-state index in [0.717, 1.165) is 0 Å². The Morgan fingerprint density at radius 1 is 1.41 bits per heavy atom. The molecule has 0 spiro atoms. The number of anilines is 1. The normalized spacial score (nSPS) is 11.4. The lowest BCUT2D eigenvalue weighted by molar-refractivity contribution is -0.276. The average Bonchev–Trinajstić information content (AvgIpc) is 2.14. The molecule has 92 valence electrons. The third kappa shape index (κ3) is 3.17. The Bertz CT molecular complexity index is 465. The highest BCUT2D eigenvalue weighted by Crippen LogP contribution is 2.32. The van der Waals surface area contributed by atoms with Gasteiger partial charge < -0.3 is 10.5 Å². The van der Waals surface area contributed by atoms with Crippen molar-refractivity contribution in [3.05, 3.63) is 17.2 Å². The van der Waals surface area contributed by atoms with Crippen LogP contribution in [0.15, 0.2) is 6.07 Å². The van der Waals surface area contributed by atoms with Crippen LogP contribution < -0.4 is 10.5 Å². The summed E-state index contributed by atoms with van der Waals surface area (Å²) in [4.78, 5) is 3.05. The molecule has 1 aromatic heterocycles. The Morgan fingerprint density at radius 2 is 2.00 bits per heavy atom. The van der Waals surface area contributed by atoms with Crippen molar-refractivity contribution in [2.75, 3.05) is 5.73 Å². The van der Waals surface area contributed by atoms with Crippen molar-refractivity contribution in [1.82, 2.24) is 4.98 Å². The van der Waals surface area contributed by atoms with Gasteiger partial charge in [0.05, 0.1) is 0 Å². The Balaban J connectivity index is 3.35. The molecule has 0 saturated heterocycles. The van der Waals surface area contributed by atoms with Crippen LogP contribution in [0.3, 0.4) is 0 Å². The van der Waals surface area contributed by atoms with Gasteiger partial charge in [-0.25, -0.2) is 8.78 Å². The highest BCUT2D eigenvalue weighted by Gasteiger charge is 2.34. The molecule has 1 rings (SSSR count). The van der Waals surface area contributed by atoms with Gasteiger partial charge >= 0.3 is 6.36 Å². The number of pyridine rings is 1. The molecule has 1 heterocycles. The topological polar surface area (TPSA) is 71.9 Å². The van der Waals surface area contributed by atoms with Crippen LogP contribution in [0.4, 0.5) is 27.8 Å². The van der Waals surface area contributed by atoms with E-state index in [9.17, 15) is 22.0 Å². The zero-order valence-corrected chi connectivity index (χ0v) is 7.92. The van der Waals surface area contributed by atoms with Crippen molar-refractivity contribution in [3.63, 3.8) is 0 Å². The minimum Gasteiger partial charge on any atom is -0.386 e. The van der Waals surface area contributed by atoms with Gasteiger partial charge in [0.25, 0.3) is 6.43 Å². The fourth-order valence-electron chi connectivity index (χ4n) is 1.03. The molecule has 0 saturated carbocycles. The Morgan fingerprint density at radius 3 is 2.41 bits per heavy atom. The van der Waals surface area contributed by atoms with E-state index in [1.807, 2.05) is 0 Å². The largest absolute Gasteiger partial charge is 0.574 e. The molecule has 0 bridgehead atoms. The van der Waals surface area contributed by atoms with Gasteiger partial charge in [0.15, 0.2) is 0 Å². The van der Waals surface area contributed by atoms with Gasteiger partial charge in [-0.3, -0.25) is 0 Å². The Kier molecular flexibility index (Phi) is 3.36. The summed E-state index contributed by atoms with van der Waals surface area (Å²) in [6.45, 7) is 0. The first-order valence-electron chi connectivity index (χ1n) is 3.99. The van der Waals surface area contributed by atoms with Gasteiger partial charge in [-0.05, 0) is 6.07 Å². The van der Waals surface area contributed by atoms with Crippen LogP contribution in [0.2, 0.25) is 0 Å². The molecule has 0 aliphatic rings. The summed E-state index contributed by atoms with van der Waals surface area (Å²) in [6.07, 6.45) is -8.31. The molecule has 17 heavy (non-hydrogen) atoms. The number of nitrogens with zero attached hydrogens (tertiary/aromatic N) is 2. The second-order valence-corrected chi connectivity index (χ2v) is 2.78.